The Bertz CT molecular complexity index is 618. The Kier molecular flexibility index (Phi) is 3.69. The van der Waals surface area contributed by atoms with E-state index in [1.165, 1.54) is 5.56 Å². The first-order valence-corrected chi connectivity index (χ1v) is 7.68. The van der Waals surface area contributed by atoms with Crippen LogP contribution in [0.2, 0.25) is 0 Å². The van der Waals surface area contributed by atoms with Gasteiger partial charge in [0.25, 0.3) is 0 Å². The highest BCUT2D eigenvalue weighted by Gasteiger charge is 2.32. The smallest absolute Gasteiger partial charge is 0.105 e. The lowest BCUT2D eigenvalue weighted by molar-refractivity contribution is 0.138. The van der Waals surface area contributed by atoms with Gasteiger partial charge in [0.05, 0.1) is 5.69 Å². The van der Waals surface area contributed by atoms with Gasteiger partial charge in [-0.15, -0.1) is 0 Å². The monoisotopic (exact) mass is 382 g/mol. The summed E-state index contributed by atoms with van der Waals surface area (Å²) in [5, 5.41) is 10.6. The van der Waals surface area contributed by atoms with Crippen molar-refractivity contribution < 1.29 is 5.11 Å². The molecule has 2 aromatic heterocycles. The summed E-state index contributed by atoms with van der Waals surface area (Å²) in [6, 6.07) is 5.93. The normalized spacial score (nSPS) is 19.2. The molecule has 0 aliphatic heterocycles. The molecule has 98 valence electrons. The van der Waals surface area contributed by atoms with Gasteiger partial charge < -0.3 is 5.11 Å². The van der Waals surface area contributed by atoms with Crippen LogP contribution in [-0.4, -0.2) is 15.1 Å². The van der Waals surface area contributed by atoms with Gasteiger partial charge in [0.2, 0.25) is 0 Å². The van der Waals surface area contributed by atoms with Gasteiger partial charge in [0, 0.05) is 33.0 Å². The van der Waals surface area contributed by atoms with Crippen molar-refractivity contribution in [1.82, 2.24) is 9.97 Å². The third-order valence-electron chi connectivity index (χ3n) is 3.50. The van der Waals surface area contributed by atoms with E-state index in [2.05, 4.69) is 47.9 Å². The van der Waals surface area contributed by atoms with Crippen LogP contribution in [0.1, 0.15) is 35.4 Å². The summed E-state index contributed by atoms with van der Waals surface area (Å²) >= 11 is 6.83. The molecule has 0 fully saturated rings. The second kappa shape index (κ2) is 5.31. The summed E-state index contributed by atoms with van der Waals surface area (Å²) in [5.74, 6) is 0.0289. The number of aryl methyl sites for hydroxylation is 1. The Hall–Kier alpha value is -0.780. The van der Waals surface area contributed by atoms with Gasteiger partial charge in [-0.25, -0.2) is 0 Å². The van der Waals surface area contributed by atoms with Crippen molar-refractivity contribution in [3.63, 3.8) is 0 Å². The quantitative estimate of drug-likeness (QED) is 0.858. The van der Waals surface area contributed by atoms with E-state index in [-0.39, 0.29) is 5.92 Å². The first-order chi connectivity index (χ1) is 9.16. The fraction of sp³-hybridized carbons (Fsp3) is 0.286. The molecule has 0 saturated carbocycles. The van der Waals surface area contributed by atoms with E-state index in [1.807, 2.05) is 12.1 Å². The lowest BCUT2D eigenvalue weighted by Gasteiger charge is -2.19. The van der Waals surface area contributed by atoms with E-state index in [1.54, 1.807) is 12.4 Å². The highest BCUT2D eigenvalue weighted by molar-refractivity contribution is 9.11. The number of nitrogens with zero attached hydrogens (tertiary/aromatic N) is 2. The standard InChI is InChI=1S/C14H12Br2N2O/c15-9-6-11(16)13(18-7-9)14(19)10-4-3-8-2-1-5-17-12(8)10/h1-2,5-7,10,14,19H,3-4H2. The summed E-state index contributed by atoms with van der Waals surface area (Å²) < 4.78 is 1.71. The van der Waals surface area contributed by atoms with Gasteiger partial charge in [-0.2, -0.15) is 0 Å². The Morgan fingerprint density at radius 2 is 2.16 bits per heavy atom. The topological polar surface area (TPSA) is 46.0 Å². The molecule has 3 rings (SSSR count). The minimum Gasteiger partial charge on any atom is -0.386 e. The van der Waals surface area contributed by atoms with Crippen LogP contribution in [0.15, 0.2) is 39.5 Å². The zero-order valence-corrected chi connectivity index (χ0v) is 13.2. The van der Waals surface area contributed by atoms with Gasteiger partial charge in [-0.05, 0) is 62.4 Å². The second-order valence-corrected chi connectivity index (χ2v) is 6.43. The number of aliphatic hydroxyl groups excluding tert-OH is 1. The molecule has 0 spiro atoms. The molecule has 2 unspecified atom stereocenters. The van der Waals surface area contributed by atoms with Crippen LogP contribution >= 0.6 is 31.9 Å². The summed E-state index contributed by atoms with van der Waals surface area (Å²) in [6.45, 7) is 0. The molecule has 2 aromatic rings. The van der Waals surface area contributed by atoms with Crippen molar-refractivity contribution in [3.8, 4) is 0 Å². The van der Waals surface area contributed by atoms with Crippen LogP contribution in [0, 0.1) is 0 Å². The summed E-state index contributed by atoms with van der Waals surface area (Å²) in [4.78, 5) is 8.75. The largest absolute Gasteiger partial charge is 0.386 e. The lowest BCUT2D eigenvalue weighted by atomic mass is 9.96. The molecule has 0 saturated heterocycles. The number of halogens is 2. The molecule has 2 heterocycles. The molecule has 0 aromatic carbocycles. The number of fused-ring (bicyclic) bond motifs is 1. The minimum atomic E-state index is -0.626. The van der Waals surface area contributed by atoms with Crippen LogP contribution in [0.4, 0.5) is 0 Å². The first kappa shape index (κ1) is 13.2. The van der Waals surface area contributed by atoms with E-state index >= 15 is 0 Å². The summed E-state index contributed by atoms with van der Waals surface area (Å²) in [5.41, 5.74) is 2.91. The number of aliphatic hydroxyl groups is 1. The molecule has 1 aliphatic carbocycles. The third-order valence-corrected chi connectivity index (χ3v) is 4.57. The highest BCUT2D eigenvalue weighted by Crippen LogP contribution is 2.41. The highest BCUT2D eigenvalue weighted by atomic mass is 79.9. The van der Waals surface area contributed by atoms with E-state index in [4.69, 9.17) is 0 Å². The Balaban J connectivity index is 1.95. The molecular formula is C14H12Br2N2O. The van der Waals surface area contributed by atoms with E-state index in [0.29, 0.717) is 5.69 Å². The maximum absolute atomic E-state index is 10.6. The van der Waals surface area contributed by atoms with Crippen LogP contribution < -0.4 is 0 Å². The molecule has 2 atom stereocenters. The molecule has 19 heavy (non-hydrogen) atoms. The van der Waals surface area contributed by atoms with Crippen LogP contribution in [0.5, 0.6) is 0 Å². The second-order valence-electron chi connectivity index (χ2n) is 4.66. The van der Waals surface area contributed by atoms with Crippen LogP contribution in [-0.2, 0) is 6.42 Å². The average molecular weight is 384 g/mol. The Labute approximate surface area is 128 Å². The zero-order valence-electron chi connectivity index (χ0n) is 10.1. The van der Waals surface area contributed by atoms with Crippen LogP contribution in [0.3, 0.4) is 0 Å². The number of pyridine rings is 2. The lowest BCUT2D eigenvalue weighted by Crippen LogP contribution is -2.11. The SMILES string of the molecule is OC(c1ncc(Br)cc1Br)C1CCc2cccnc21. The van der Waals surface area contributed by atoms with E-state index in [0.717, 1.165) is 27.5 Å². The molecule has 1 aliphatic rings. The molecule has 0 amide bonds. The predicted octanol–water partition coefficient (Wildman–Crippen LogP) is 3.77. The number of hydrogen-bond donors (Lipinski definition) is 1. The van der Waals surface area contributed by atoms with Crippen molar-refractivity contribution in [2.24, 2.45) is 0 Å². The van der Waals surface area contributed by atoms with Crippen molar-refractivity contribution >= 4 is 31.9 Å². The van der Waals surface area contributed by atoms with Gasteiger partial charge in [-0.1, -0.05) is 6.07 Å². The number of hydrogen-bond acceptors (Lipinski definition) is 3. The van der Waals surface area contributed by atoms with Gasteiger partial charge in [-0.3, -0.25) is 9.97 Å². The number of aromatic nitrogens is 2. The predicted molar refractivity (Wildman–Crippen MR) is 79.9 cm³/mol. The molecule has 0 bridgehead atoms. The van der Waals surface area contributed by atoms with Crippen molar-refractivity contribution in [2.45, 2.75) is 24.9 Å². The maximum atomic E-state index is 10.6. The Morgan fingerprint density at radius 3 is 2.95 bits per heavy atom. The average Bonchev–Trinajstić information content (AvgIpc) is 2.82. The third kappa shape index (κ3) is 2.47. The van der Waals surface area contributed by atoms with Crippen LogP contribution in [0.25, 0.3) is 0 Å². The number of rotatable bonds is 2. The fourth-order valence-electron chi connectivity index (χ4n) is 2.58. The first-order valence-electron chi connectivity index (χ1n) is 6.09. The molecule has 3 nitrogen and oxygen atoms in total. The van der Waals surface area contributed by atoms with Gasteiger partial charge >= 0.3 is 0 Å². The van der Waals surface area contributed by atoms with Crippen molar-refractivity contribution in [1.29, 1.82) is 0 Å². The van der Waals surface area contributed by atoms with E-state index in [9.17, 15) is 5.11 Å². The van der Waals surface area contributed by atoms with Gasteiger partial charge in [0.15, 0.2) is 0 Å². The summed E-state index contributed by atoms with van der Waals surface area (Å²) in [6.07, 6.45) is 4.75. The van der Waals surface area contributed by atoms with E-state index < -0.39 is 6.10 Å². The maximum Gasteiger partial charge on any atom is 0.105 e. The summed E-state index contributed by atoms with van der Waals surface area (Å²) in [7, 11) is 0. The van der Waals surface area contributed by atoms with Gasteiger partial charge in [0.1, 0.15) is 6.10 Å². The van der Waals surface area contributed by atoms with Crippen molar-refractivity contribution in [3.05, 3.63) is 56.5 Å². The zero-order chi connectivity index (χ0) is 13.4. The molecule has 0 radical (unpaired) electrons. The Morgan fingerprint density at radius 1 is 1.32 bits per heavy atom. The van der Waals surface area contributed by atoms with Crippen molar-refractivity contribution in [2.75, 3.05) is 0 Å². The molecule has 5 heteroatoms. The molecular weight excluding hydrogens is 372 g/mol. The molecule has 1 N–H and O–H groups in total. The minimum absolute atomic E-state index is 0.0289. The fourth-order valence-corrected chi connectivity index (χ4v) is 3.81.